The molecule has 0 saturated carbocycles. The molecule has 0 aliphatic heterocycles. The number of hydrogen-bond acceptors (Lipinski definition) is 5. The van der Waals surface area contributed by atoms with E-state index in [0.29, 0.717) is 18.0 Å². The molecule has 2 amide bonds. The van der Waals surface area contributed by atoms with Gasteiger partial charge in [-0.1, -0.05) is 86.6 Å². The van der Waals surface area contributed by atoms with E-state index in [1.54, 1.807) is 42.5 Å². The molecule has 1 unspecified atom stereocenters. The van der Waals surface area contributed by atoms with Gasteiger partial charge in [-0.15, -0.1) is 0 Å². The minimum absolute atomic E-state index is 0.0505. The van der Waals surface area contributed by atoms with Gasteiger partial charge in [0.2, 0.25) is 11.8 Å². The molecule has 0 aliphatic rings. The zero-order chi connectivity index (χ0) is 32.4. The highest BCUT2D eigenvalue weighted by atomic mass is 32.2. The average Bonchev–Trinajstić information content (AvgIpc) is 3.05. The Labute approximate surface area is 266 Å². The molecule has 0 heterocycles. The monoisotopic (exact) mass is 627 g/mol. The molecule has 0 spiro atoms. The number of aryl methyl sites for hydroxylation is 1. The number of carbonyl (C=O) groups is 2. The number of anilines is 1. The minimum atomic E-state index is -4.17. The van der Waals surface area contributed by atoms with Crippen LogP contribution in [0.15, 0.2) is 114 Å². The Kier molecular flexibility index (Phi) is 11.4. The van der Waals surface area contributed by atoms with Crippen molar-refractivity contribution in [1.29, 1.82) is 0 Å². The van der Waals surface area contributed by atoms with E-state index in [-0.39, 0.29) is 29.7 Å². The summed E-state index contributed by atoms with van der Waals surface area (Å²) in [6.07, 6.45) is 0.260. The lowest BCUT2D eigenvalue weighted by Crippen LogP contribution is -2.53. The van der Waals surface area contributed by atoms with Gasteiger partial charge in [0.1, 0.15) is 18.3 Å². The van der Waals surface area contributed by atoms with Crippen LogP contribution in [0.1, 0.15) is 30.5 Å². The Balaban J connectivity index is 1.80. The van der Waals surface area contributed by atoms with Crippen LogP contribution in [0.4, 0.5) is 5.69 Å². The molecule has 236 valence electrons. The maximum absolute atomic E-state index is 14.5. The quantitative estimate of drug-likeness (QED) is 0.196. The lowest BCUT2D eigenvalue weighted by molar-refractivity contribution is -0.140. The fourth-order valence-corrected chi connectivity index (χ4v) is 6.38. The van der Waals surface area contributed by atoms with Crippen LogP contribution in [0, 0.1) is 12.8 Å². The zero-order valence-electron chi connectivity index (χ0n) is 26.2. The molecule has 0 fully saturated rings. The number of nitrogens with one attached hydrogen (secondary N) is 1. The second-order valence-corrected chi connectivity index (χ2v) is 13.2. The number of carbonyl (C=O) groups excluding carboxylic acids is 2. The summed E-state index contributed by atoms with van der Waals surface area (Å²) in [5.74, 6) is -0.0490. The zero-order valence-corrected chi connectivity index (χ0v) is 27.0. The summed E-state index contributed by atoms with van der Waals surface area (Å²) in [6, 6.07) is 30.8. The average molecular weight is 628 g/mol. The van der Waals surface area contributed by atoms with Gasteiger partial charge >= 0.3 is 0 Å². The first-order valence-corrected chi connectivity index (χ1v) is 16.4. The van der Waals surface area contributed by atoms with Gasteiger partial charge in [0.25, 0.3) is 10.0 Å². The molecular formula is C36H41N3O5S. The number of hydrogen-bond donors (Lipinski definition) is 1. The molecule has 0 bridgehead atoms. The van der Waals surface area contributed by atoms with Gasteiger partial charge in [-0.25, -0.2) is 8.42 Å². The molecule has 4 aromatic rings. The Morgan fingerprint density at radius 3 is 2.02 bits per heavy atom. The molecule has 4 rings (SSSR count). The van der Waals surface area contributed by atoms with E-state index in [1.165, 1.54) is 24.1 Å². The smallest absolute Gasteiger partial charge is 0.264 e. The fraction of sp³-hybridized carbons (Fsp3) is 0.278. The first kappa shape index (κ1) is 33.3. The van der Waals surface area contributed by atoms with Gasteiger partial charge in [0.15, 0.2) is 0 Å². The first-order valence-electron chi connectivity index (χ1n) is 15.0. The lowest BCUT2D eigenvalue weighted by atomic mass is 10.0. The van der Waals surface area contributed by atoms with Crippen molar-refractivity contribution in [1.82, 2.24) is 10.2 Å². The minimum Gasteiger partial charge on any atom is -0.497 e. The molecule has 8 nitrogen and oxygen atoms in total. The van der Waals surface area contributed by atoms with Crippen LogP contribution in [0.5, 0.6) is 5.75 Å². The number of nitrogens with zero attached hydrogens (tertiary/aromatic N) is 2. The third-order valence-corrected chi connectivity index (χ3v) is 9.32. The molecule has 9 heteroatoms. The van der Waals surface area contributed by atoms with Gasteiger partial charge in [0, 0.05) is 19.5 Å². The third kappa shape index (κ3) is 8.73. The van der Waals surface area contributed by atoms with Crippen LogP contribution < -0.4 is 14.4 Å². The van der Waals surface area contributed by atoms with Crippen LogP contribution in [-0.2, 0) is 32.6 Å². The number of ether oxygens (including phenoxy) is 1. The van der Waals surface area contributed by atoms with Crippen molar-refractivity contribution in [3.63, 3.8) is 0 Å². The Bertz CT molecular complexity index is 1660. The van der Waals surface area contributed by atoms with Crippen LogP contribution in [0.25, 0.3) is 0 Å². The molecule has 4 aromatic carbocycles. The summed E-state index contributed by atoms with van der Waals surface area (Å²) in [7, 11) is -2.64. The summed E-state index contributed by atoms with van der Waals surface area (Å²) in [5, 5.41) is 3.01. The third-order valence-electron chi connectivity index (χ3n) is 7.53. The molecule has 45 heavy (non-hydrogen) atoms. The molecular weight excluding hydrogens is 586 g/mol. The topological polar surface area (TPSA) is 96.0 Å². The standard InChI is InChI=1S/C36H41N3O5S/c1-27(2)24-37-36(41)34(23-29-14-7-5-8-15-29)38(25-30-16-12-11-13-28(30)3)35(40)26-39(31-19-21-32(44-4)22-20-31)45(42,43)33-17-9-6-10-18-33/h5-22,27,34H,23-26H2,1-4H3,(H,37,41). The summed E-state index contributed by atoms with van der Waals surface area (Å²) in [6.45, 7) is 6.01. The van der Waals surface area contributed by atoms with Crippen molar-refractivity contribution in [2.24, 2.45) is 5.92 Å². The second kappa shape index (κ2) is 15.4. The van der Waals surface area contributed by atoms with Crippen molar-refractivity contribution in [2.75, 3.05) is 24.5 Å². The summed E-state index contributed by atoms with van der Waals surface area (Å²) in [4.78, 5) is 30.0. The highest BCUT2D eigenvalue weighted by Gasteiger charge is 2.34. The highest BCUT2D eigenvalue weighted by Crippen LogP contribution is 2.27. The summed E-state index contributed by atoms with van der Waals surface area (Å²) >= 11 is 0. The number of rotatable bonds is 14. The summed E-state index contributed by atoms with van der Waals surface area (Å²) < 4.78 is 34.5. The number of sulfonamides is 1. The van der Waals surface area contributed by atoms with Crippen molar-refractivity contribution < 1.29 is 22.7 Å². The van der Waals surface area contributed by atoms with Gasteiger partial charge in [0.05, 0.1) is 17.7 Å². The van der Waals surface area contributed by atoms with Crippen LogP contribution in [0.2, 0.25) is 0 Å². The van der Waals surface area contributed by atoms with Crippen LogP contribution in [-0.4, -0.2) is 51.4 Å². The fourth-order valence-electron chi connectivity index (χ4n) is 4.94. The Morgan fingerprint density at radius 2 is 1.42 bits per heavy atom. The predicted molar refractivity (Wildman–Crippen MR) is 177 cm³/mol. The number of benzene rings is 4. The maximum Gasteiger partial charge on any atom is 0.264 e. The van der Waals surface area contributed by atoms with Crippen LogP contribution >= 0.6 is 0 Å². The molecule has 0 aromatic heterocycles. The van der Waals surface area contributed by atoms with E-state index in [0.717, 1.165) is 21.0 Å². The van der Waals surface area contributed by atoms with Crippen LogP contribution in [0.3, 0.4) is 0 Å². The number of methoxy groups -OCH3 is 1. The van der Waals surface area contributed by atoms with Gasteiger partial charge < -0.3 is 15.0 Å². The first-order chi connectivity index (χ1) is 21.6. The molecule has 1 N–H and O–H groups in total. The normalized spacial score (nSPS) is 11.9. The van der Waals surface area contributed by atoms with E-state index in [2.05, 4.69) is 5.32 Å². The SMILES string of the molecule is COc1ccc(N(CC(=O)N(Cc2ccccc2C)C(Cc2ccccc2)C(=O)NCC(C)C)S(=O)(=O)c2ccccc2)cc1. The molecule has 0 radical (unpaired) electrons. The van der Waals surface area contributed by atoms with Gasteiger partial charge in [-0.2, -0.15) is 0 Å². The van der Waals surface area contributed by atoms with Gasteiger partial charge in [-0.3, -0.25) is 13.9 Å². The van der Waals surface area contributed by atoms with E-state index in [9.17, 15) is 18.0 Å². The Hall–Kier alpha value is -4.63. The maximum atomic E-state index is 14.5. The van der Waals surface area contributed by atoms with E-state index >= 15 is 0 Å². The second-order valence-electron chi connectivity index (χ2n) is 11.3. The van der Waals surface area contributed by atoms with E-state index < -0.39 is 28.5 Å². The van der Waals surface area contributed by atoms with E-state index in [4.69, 9.17) is 4.74 Å². The van der Waals surface area contributed by atoms with Crippen molar-refractivity contribution in [2.45, 2.75) is 44.7 Å². The van der Waals surface area contributed by atoms with Gasteiger partial charge in [-0.05, 0) is 65.9 Å². The highest BCUT2D eigenvalue weighted by molar-refractivity contribution is 7.92. The molecule has 0 saturated heterocycles. The predicted octanol–water partition coefficient (Wildman–Crippen LogP) is 5.61. The lowest BCUT2D eigenvalue weighted by Gasteiger charge is -2.34. The van der Waals surface area contributed by atoms with E-state index in [1.807, 2.05) is 75.4 Å². The Morgan fingerprint density at radius 1 is 0.822 bits per heavy atom. The molecule has 1 atom stereocenters. The molecule has 0 aliphatic carbocycles. The largest absolute Gasteiger partial charge is 0.497 e. The van der Waals surface area contributed by atoms with Crippen molar-refractivity contribution in [3.8, 4) is 5.75 Å². The summed E-state index contributed by atoms with van der Waals surface area (Å²) in [5.41, 5.74) is 3.00. The van der Waals surface area contributed by atoms with Crippen molar-refractivity contribution >= 4 is 27.5 Å². The number of amides is 2. The van der Waals surface area contributed by atoms with Crippen molar-refractivity contribution in [3.05, 3.63) is 126 Å².